The fraction of sp³-hybridized carbons (Fsp3) is 0.545. The van der Waals surface area contributed by atoms with Crippen LogP contribution in [0.2, 0.25) is 0 Å². The summed E-state index contributed by atoms with van der Waals surface area (Å²) in [5.74, 6) is 0.207. The van der Waals surface area contributed by atoms with Gasteiger partial charge in [-0.05, 0) is 24.8 Å². The lowest BCUT2D eigenvalue weighted by Crippen LogP contribution is -2.69. The number of rotatable bonds is 6. The number of sulfonamides is 1. The molecule has 0 saturated carbocycles. The Kier molecular flexibility index (Phi) is 6.18. The van der Waals surface area contributed by atoms with E-state index in [1.165, 1.54) is 0 Å². The zero-order valence-corrected chi connectivity index (χ0v) is 19.1. The molecule has 0 N–H and O–H groups in total. The topological polar surface area (TPSA) is 78.8 Å². The number of carbonyl (C=O) groups excluding carboxylic acids is 1. The minimum atomic E-state index is -3.27. The summed E-state index contributed by atoms with van der Waals surface area (Å²) in [4.78, 5) is 18.0. The zero-order valence-electron chi connectivity index (χ0n) is 18.3. The van der Waals surface area contributed by atoms with Crippen molar-refractivity contribution in [3.8, 4) is 0 Å². The Balaban J connectivity index is 1.62. The molecule has 0 aliphatic carbocycles. The minimum absolute atomic E-state index is 0.0511. The van der Waals surface area contributed by atoms with Crippen LogP contribution in [0.4, 0.5) is 5.69 Å². The molecular formula is C22H31N5O3S. The highest BCUT2D eigenvalue weighted by molar-refractivity contribution is 7.89. The van der Waals surface area contributed by atoms with Gasteiger partial charge in [0.25, 0.3) is 0 Å². The lowest BCUT2D eigenvalue weighted by atomic mass is 9.82. The second kappa shape index (κ2) is 8.72. The van der Waals surface area contributed by atoms with Crippen molar-refractivity contribution >= 4 is 21.6 Å². The van der Waals surface area contributed by atoms with E-state index in [2.05, 4.69) is 22.1 Å². The van der Waals surface area contributed by atoms with Gasteiger partial charge in [0.15, 0.2) is 0 Å². The molecule has 2 aliphatic rings. The van der Waals surface area contributed by atoms with E-state index in [1.54, 1.807) is 15.2 Å². The third-order valence-corrected chi connectivity index (χ3v) is 8.54. The van der Waals surface area contributed by atoms with Crippen LogP contribution in [-0.2, 0) is 28.4 Å². The van der Waals surface area contributed by atoms with Crippen molar-refractivity contribution in [1.29, 1.82) is 0 Å². The summed E-state index contributed by atoms with van der Waals surface area (Å²) >= 11 is 0. The van der Waals surface area contributed by atoms with Crippen molar-refractivity contribution in [2.75, 3.05) is 36.8 Å². The first-order chi connectivity index (χ1) is 14.9. The second-order valence-electron chi connectivity index (χ2n) is 8.48. The number of amides is 1. The van der Waals surface area contributed by atoms with E-state index < -0.39 is 15.6 Å². The number of benzene rings is 1. The molecule has 1 aromatic heterocycles. The highest BCUT2D eigenvalue weighted by Gasteiger charge is 2.52. The van der Waals surface area contributed by atoms with Gasteiger partial charge in [0.2, 0.25) is 15.9 Å². The summed E-state index contributed by atoms with van der Waals surface area (Å²) in [5, 5.41) is 4.23. The molecule has 1 amide bonds. The van der Waals surface area contributed by atoms with Gasteiger partial charge in [-0.1, -0.05) is 37.3 Å². The van der Waals surface area contributed by atoms with Crippen LogP contribution in [0.25, 0.3) is 0 Å². The first kappa shape index (κ1) is 22.0. The van der Waals surface area contributed by atoms with Crippen LogP contribution in [-0.4, -0.2) is 70.8 Å². The van der Waals surface area contributed by atoms with Crippen LogP contribution in [0.1, 0.15) is 31.7 Å². The van der Waals surface area contributed by atoms with Gasteiger partial charge in [0, 0.05) is 46.0 Å². The predicted octanol–water partition coefficient (Wildman–Crippen LogP) is 1.84. The molecule has 2 saturated heterocycles. The average Bonchev–Trinajstić information content (AvgIpc) is 3.19. The molecule has 168 valence electrons. The molecule has 31 heavy (non-hydrogen) atoms. The molecule has 4 rings (SSSR count). The largest absolute Gasteiger partial charge is 0.307 e. The molecule has 0 radical (unpaired) electrons. The summed E-state index contributed by atoms with van der Waals surface area (Å²) < 4.78 is 28.5. The van der Waals surface area contributed by atoms with Gasteiger partial charge >= 0.3 is 0 Å². The van der Waals surface area contributed by atoms with Crippen molar-refractivity contribution in [3.05, 3.63) is 48.3 Å². The van der Waals surface area contributed by atoms with Gasteiger partial charge in [-0.25, -0.2) is 12.7 Å². The number of hydrogen-bond acceptors (Lipinski definition) is 5. The van der Waals surface area contributed by atoms with E-state index >= 15 is 0 Å². The Labute approximate surface area is 184 Å². The van der Waals surface area contributed by atoms with Crippen molar-refractivity contribution in [2.24, 2.45) is 7.05 Å². The minimum Gasteiger partial charge on any atom is -0.307 e. The molecule has 0 bridgehead atoms. The average molecular weight is 446 g/mol. The highest BCUT2D eigenvalue weighted by Crippen LogP contribution is 2.37. The molecule has 2 aliphatic heterocycles. The number of anilines is 1. The second-order valence-corrected chi connectivity index (χ2v) is 10.6. The Bertz CT molecular complexity index is 1010. The molecule has 2 aromatic rings. The van der Waals surface area contributed by atoms with Gasteiger partial charge in [-0.15, -0.1) is 0 Å². The number of nitrogens with zero attached hydrogens (tertiary/aromatic N) is 5. The maximum atomic E-state index is 13.9. The van der Waals surface area contributed by atoms with Gasteiger partial charge in [0.05, 0.1) is 17.6 Å². The Hall–Kier alpha value is -2.23. The van der Waals surface area contributed by atoms with E-state index in [-0.39, 0.29) is 11.7 Å². The third-order valence-electron chi connectivity index (χ3n) is 6.47. The standard InChI is InChI=1S/C22H31N5O3S/c1-3-15-31(29,30)26-11-9-22(10-12-26)21(28)27(20-16-23-24(2)18-20)14-13-25(22)17-19-7-5-4-6-8-19/h4-8,16,18H,3,9-15,17H2,1-2H3. The summed E-state index contributed by atoms with van der Waals surface area (Å²) in [6.45, 7) is 4.63. The van der Waals surface area contributed by atoms with Gasteiger partial charge in [0.1, 0.15) is 5.54 Å². The van der Waals surface area contributed by atoms with Gasteiger partial charge in [-0.2, -0.15) is 5.10 Å². The number of carbonyl (C=O) groups is 1. The smallest absolute Gasteiger partial charge is 0.247 e. The normalized spacial score (nSPS) is 20.5. The molecule has 2 fully saturated rings. The summed E-state index contributed by atoms with van der Waals surface area (Å²) in [6.07, 6.45) is 5.17. The molecule has 3 heterocycles. The summed E-state index contributed by atoms with van der Waals surface area (Å²) in [7, 11) is -1.43. The first-order valence-electron chi connectivity index (χ1n) is 10.9. The van der Waals surface area contributed by atoms with E-state index in [9.17, 15) is 13.2 Å². The Morgan fingerprint density at radius 1 is 1.06 bits per heavy atom. The number of piperidine rings is 1. The summed E-state index contributed by atoms with van der Waals surface area (Å²) in [5.41, 5.74) is 1.25. The van der Waals surface area contributed by atoms with Gasteiger partial charge < -0.3 is 4.90 Å². The molecule has 0 atom stereocenters. The summed E-state index contributed by atoms with van der Waals surface area (Å²) in [6, 6.07) is 10.2. The van der Waals surface area contributed by atoms with Crippen molar-refractivity contribution in [3.63, 3.8) is 0 Å². The fourth-order valence-corrected chi connectivity index (χ4v) is 6.32. The number of aromatic nitrogens is 2. The molecule has 1 spiro atoms. The molecular weight excluding hydrogens is 414 g/mol. The van der Waals surface area contributed by atoms with Crippen LogP contribution in [0.15, 0.2) is 42.7 Å². The SMILES string of the molecule is CCCS(=O)(=O)N1CCC2(CC1)C(=O)N(c1cnn(C)c1)CCN2Cc1ccccc1. The lowest BCUT2D eigenvalue weighted by Gasteiger charge is -2.52. The monoisotopic (exact) mass is 445 g/mol. The van der Waals surface area contributed by atoms with E-state index in [1.807, 2.05) is 43.3 Å². The Morgan fingerprint density at radius 3 is 2.39 bits per heavy atom. The first-order valence-corrected chi connectivity index (χ1v) is 12.5. The van der Waals surface area contributed by atoms with E-state index in [0.717, 1.165) is 17.8 Å². The van der Waals surface area contributed by atoms with Crippen LogP contribution in [0.3, 0.4) is 0 Å². The van der Waals surface area contributed by atoms with Crippen LogP contribution in [0.5, 0.6) is 0 Å². The number of hydrogen-bond donors (Lipinski definition) is 0. The molecule has 8 nitrogen and oxygen atoms in total. The van der Waals surface area contributed by atoms with Crippen LogP contribution in [0, 0.1) is 0 Å². The quantitative estimate of drug-likeness (QED) is 0.678. The zero-order chi connectivity index (χ0) is 22.1. The maximum absolute atomic E-state index is 13.9. The molecule has 9 heteroatoms. The van der Waals surface area contributed by atoms with E-state index in [0.29, 0.717) is 45.4 Å². The third kappa shape index (κ3) is 4.26. The van der Waals surface area contributed by atoms with Crippen molar-refractivity contribution in [1.82, 2.24) is 19.0 Å². The number of piperazine rings is 1. The van der Waals surface area contributed by atoms with Crippen molar-refractivity contribution < 1.29 is 13.2 Å². The Morgan fingerprint density at radius 2 is 1.77 bits per heavy atom. The number of aryl methyl sites for hydroxylation is 1. The van der Waals surface area contributed by atoms with Crippen LogP contribution < -0.4 is 4.90 Å². The fourth-order valence-electron chi connectivity index (χ4n) is 4.80. The lowest BCUT2D eigenvalue weighted by molar-refractivity contribution is -0.137. The van der Waals surface area contributed by atoms with Crippen LogP contribution >= 0.6 is 0 Å². The maximum Gasteiger partial charge on any atom is 0.247 e. The highest BCUT2D eigenvalue weighted by atomic mass is 32.2. The molecule has 0 unspecified atom stereocenters. The predicted molar refractivity (Wildman–Crippen MR) is 120 cm³/mol. The van der Waals surface area contributed by atoms with Crippen molar-refractivity contribution in [2.45, 2.75) is 38.3 Å². The molecule has 1 aromatic carbocycles. The van der Waals surface area contributed by atoms with E-state index in [4.69, 9.17) is 0 Å². The van der Waals surface area contributed by atoms with Gasteiger partial charge in [-0.3, -0.25) is 14.4 Å².